The Bertz CT molecular complexity index is 426. The van der Waals surface area contributed by atoms with Crippen LogP contribution in [-0.2, 0) is 6.54 Å². The van der Waals surface area contributed by atoms with Gasteiger partial charge in [0, 0.05) is 0 Å². The number of quaternary nitrogens is 1. The summed E-state index contributed by atoms with van der Waals surface area (Å²) in [5.74, 6) is 0.598. The predicted octanol–water partition coefficient (Wildman–Crippen LogP) is 3.29. The molecule has 0 spiro atoms. The Morgan fingerprint density at radius 3 is 2.32 bits per heavy atom. The fourth-order valence-electron chi connectivity index (χ4n) is 2.95. The van der Waals surface area contributed by atoms with Crippen molar-refractivity contribution in [1.82, 2.24) is 0 Å². The van der Waals surface area contributed by atoms with E-state index in [9.17, 15) is 0 Å². The first-order chi connectivity index (χ1) is 8.83. The molecule has 0 N–H and O–H groups in total. The standard InChI is InChI=1S/C17H29AsN/c1-7-9-19(6,8-2)12-15-10-14(5)11-16(18)17(15)13(3)4/h10-11,13H,7-9,12H2,1-6H3/q+1. The zero-order chi connectivity index (χ0) is 14.6. The molecule has 0 bridgehead atoms. The van der Waals surface area contributed by atoms with Gasteiger partial charge in [-0.05, 0) is 0 Å². The van der Waals surface area contributed by atoms with Crippen LogP contribution in [0.25, 0.3) is 0 Å². The van der Waals surface area contributed by atoms with Gasteiger partial charge in [0.15, 0.2) is 0 Å². The average Bonchev–Trinajstić information content (AvgIpc) is 2.27. The van der Waals surface area contributed by atoms with Crippen LogP contribution in [0.3, 0.4) is 0 Å². The van der Waals surface area contributed by atoms with Gasteiger partial charge in [0.05, 0.1) is 0 Å². The number of hydrogen-bond donors (Lipinski definition) is 0. The number of aryl methyl sites for hydroxylation is 1. The molecule has 0 aromatic heterocycles. The molecule has 0 saturated carbocycles. The monoisotopic (exact) mass is 322 g/mol. The van der Waals surface area contributed by atoms with Crippen molar-refractivity contribution in [1.29, 1.82) is 0 Å². The SMILES string of the molecule is CCC[N+](C)(CC)Cc1cc(C)cc([As])c1C(C)C. The summed E-state index contributed by atoms with van der Waals surface area (Å²) < 4.78 is 2.54. The van der Waals surface area contributed by atoms with Gasteiger partial charge in [-0.3, -0.25) is 0 Å². The van der Waals surface area contributed by atoms with Gasteiger partial charge in [0.1, 0.15) is 0 Å². The second kappa shape index (κ2) is 6.95. The van der Waals surface area contributed by atoms with Crippen LogP contribution in [0, 0.1) is 6.92 Å². The van der Waals surface area contributed by atoms with Crippen molar-refractivity contribution in [2.24, 2.45) is 0 Å². The van der Waals surface area contributed by atoms with Crippen molar-refractivity contribution in [2.75, 3.05) is 20.1 Å². The van der Waals surface area contributed by atoms with Crippen LogP contribution >= 0.6 is 0 Å². The Hall–Kier alpha value is -0.262. The van der Waals surface area contributed by atoms with E-state index < -0.39 is 0 Å². The summed E-state index contributed by atoms with van der Waals surface area (Å²) in [5.41, 5.74) is 4.47. The van der Waals surface area contributed by atoms with Crippen LogP contribution in [0.4, 0.5) is 0 Å². The quantitative estimate of drug-likeness (QED) is 0.557. The van der Waals surface area contributed by atoms with Gasteiger partial charge in [-0.1, -0.05) is 0 Å². The third-order valence-corrected chi connectivity index (χ3v) is 4.82. The van der Waals surface area contributed by atoms with Gasteiger partial charge in [-0.2, -0.15) is 0 Å². The van der Waals surface area contributed by atoms with Crippen molar-refractivity contribution in [2.45, 2.75) is 53.5 Å². The Kier molecular flexibility index (Phi) is 6.14. The summed E-state index contributed by atoms with van der Waals surface area (Å²) in [4.78, 5) is 0. The molecule has 0 aliphatic rings. The molecule has 1 rings (SSSR count). The third kappa shape index (κ3) is 4.36. The summed E-state index contributed by atoms with van der Waals surface area (Å²) in [7, 11) is 2.39. The van der Waals surface area contributed by atoms with Crippen molar-refractivity contribution in [3.63, 3.8) is 0 Å². The molecule has 0 saturated heterocycles. The van der Waals surface area contributed by atoms with Crippen molar-refractivity contribution < 1.29 is 4.48 Å². The predicted molar refractivity (Wildman–Crippen MR) is 86.2 cm³/mol. The van der Waals surface area contributed by atoms with Crippen molar-refractivity contribution >= 4 is 21.2 Å². The minimum absolute atomic E-state index is 0.598. The Labute approximate surface area is 128 Å². The van der Waals surface area contributed by atoms with Crippen LogP contribution in [0.5, 0.6) is 0 Å². The zero-order valence-corrected chi connectivity index (χ0v) is 15.3. The summed E-state index contributed by atoms with van der Waals surface area (Å²) in [6.45, 7) is 15.0. The molecule has 0 aliphatic heterocycles. The Morgan fingerprint density at radius 1 is 1.21 bits per heavy atom. The van der Waals surface area contributed by atoms with Crippen LogP contribution < -0.4 is 4.35 Å². The molecule has 106 valence electrons. The molecule has 1 aromatic rings. The van der Waals surface area contributed by atoms with E-state index in [1.165, 1.54) is 29.4 Å². The van der Waals surface area contributed by atoms with E-state index in [1.807, 2.05) is 0 Å². The molecule has 1 nitrogen and oxygen atoms in total. The molecule has 2 radical (unpaired) electrons. The van der Waals surface area contributed by atoms with E-state index >= 15 is 0 Å². The third-order valence-electron chi connectivity index (χ3n) is 4.04. The first-order valence-corrected chi connectivity index (χ1v) is 8.42. The first-order valence-electron chi connectivity index (χ1n) is 7.49. The van der Waals surface area contributed by atoms with Crippen LogP contribution in [0.15, 0.2) is 12.1 Å². The molecule has 1 atom stereocenters. The van der Waals surface area contributed by atoms with Gasteiger partial charge in [-0.15, -0.1) is 0 Å². The van der Waals surface area contributed by atoms with Crippen molar-refractivity contribution in [3.05, 3.63) is 28.8 Å². The van der Waals surface area contributed by atoms with E-state index in [-0.39, 0.29) is 0 Å². The van der Waals surface area contributed by atoms with Crippen LogP contribution in [0.1, 0.15) is 56.7 Å². The van der Waals surface area contributed by atoms with Gasteiger partial charge in [0.2, 0.25) is 0 Å². The van der Waals surface area contributed by atoms with Gasteiger partial charge in [-0.25, -0.2) is 0 Å². The summed E-state index contributed by atoms with van der Waals surface area (Å²) in [6.07, 6.45) is 1.25. The molecular weight excluding hydrogens is 293 g/mol. The zero-order valence-electron chi connectivity index (χ0n) is 13.5. The molecule has 0 heterocycles. The molecule has 0 aliphatic carbocycles. The molecular formula is C17H29AsN+. The maximum atomic E-state index is 2.76. The fraction of sp³-hybridized carbons (Fsp3) is 0.647. The number of benzene rings is 1. The van der Waals surface area contributed by atoms with E-state index in [1.54, 1.807) is 11.1 Å². The second-order valence-electron chi connectivity index (χ2n) is 6.33. The normalized spacial score (nSPS) is 14.7. The second-order valence-corrected chi connectivity index (χ2v) is 7.34. The number of nitrogens with zero attached hydrogens (tertiary/aromatic N) is 1. The summed E-state index contributed by atoms with van der Waals surface area (Å²) in [6, 6.07) is 4.70. The molecule has 0 amide bonds. The van der Waals surface area contributed by atoms with E-state index in [0.717, 1.165) is 11.0 Å². The average molecular weight is 322 g/mol. The Balaban J connectivity index is 3.18. The minimum atomic E-state index is 0.598. The first kappa shape index (κ1) is 16.8. The van der Waals surface area contributed by atoms with Crippen LogP contribution in [-0.4, -0.2) is 41.5 Å². The number of hydrogen-bond acceptors (Lipinski definition) is 0. The van der Waals surface area contributed by atoms with E-state index in [0.29, 0.717) is 5.92 Å². The summed E-state index contributed by atoms with van der Waals surface area (Å²) >= 11 is 2.76. The molecule has 19 heavy (non-hydrogen) atoms. The van der Waals surface area contributed by atoms with Gasteiger partial charge in [0.25, 0.3) is 0 Å². The van der Waals surface area contributed by atoms with E-state index in [2.05, 4.69) is 70.7 Å². The van der Waals surface area contributed by atoms with Crippen molar-refractivity contribution in [3.8, 4) is 0 Å². The van der Waals surface area contributed by atoms with Crippen LogP contribution in [0.2, 0.25) is 0 Å². The fourth-order valence-corrected chi connectivity index (χ4v) is 4.22. The molecule has 0 fully saturated rings. The topological polar surface area (TPSA) is 0 Å². The summed E-state index contributed by atoms with van der Waals surface area (Å²) in [5, 5.41) is 0. The molecule has 1 aromatic carbocycles. The Morgan fingerprint density at radius 2 is 1.84 bits per heavy atom. The molecule has 2 heteroatoms. The van der Waals surface area contributed by atoms with Gasteiger partial charge >= 0.3 is 128 Å². The maximum absolute atomic E-state index is 2.76. The van der Waals surface area contributed by atoms with E-state index in [4.69, 9.17) is 0 Å². The van der Waals surface area contributed by atoms with Gasteiger partial charge < -0.3 is 0 Å². The number of rotatable bonds is 6. The molecule has 1 unspecified atom stereocenters.